The molecule has 0 N–H and O–H groups in total. The fraction of sp³-hybridized carbons (Fsp3) is 0. The molecule has 0 aliphatic rings. The first-order chi connectivity index (χ1) is 25.7. The number of hydrogen-bond donors (Lipinski definition) is 0. The quantitative estimate of drug-likeness (QED) is 0.188. The van der Waals surface area contributed by atoms with Gasteiger partial charge in [-0.25, -0.2) is 15.0 Å². The minimum absolute atomic E-state index is 0.491. The molecule has 1 heterocycles. The van der Waals surface area contributed by atoms with Crippen LogP contribution in [0.1, 0.15) is 11.1 Å². The Morgan fingerprint density at radius 3 is 0.885 bits per heavy atom. The van der Waals surface area contributed by atoms with Crippen molar-refractivity contribution < 1.29 is 0 Å². The highest BCUT2D eigenvalue weighted by molar-refractivity contribution is 6.26. The van der Waals surface area contributed by atoms with Crippen LogP contribution in [0.4, 0.5) is 0 Å². The summed E-state index contributed by atoms with van der Waals surface area (Å²) in [6, 6.07) is 59.8. The molecule has 5 heteroatoms. The van der Waals surface area contributed by atoms with Crippen molar-refractivity contribution in [3.63, 3.8) is 0 Å². The molecule has 0 saturated carbocycles. The summed E-state index contributed by atoms with van der Waals surface area (Å²) in [5.74, 6) is 1.50. The van der Waals surface area contributed by atoms with Gasteiger partial charge in [-0.05, 0) is 108 Å². The Bertz CT molecular complexity index is 2870. The Hall–Kier alpha value is -7.47. The third kappa shape index (κ3) is 5.31. The zero-order chi connectivity index (χ0) is 35.0. The van der Waals surface area contributed by atoms with Gasteiger partial charge in [0.25, 0.3) is 0 Å². The number of aromatic nitrogens is 3. The van der Waals surface area contributed by atoms with Crippen LogP contribution in [0.15, 0.2) is 164 Å². The van der Waals surface area contributed by atoms with Gasteiger partial charge in [0.1, 0.15) is 0 Å². The van der Waals surface area contributed by atoms with E-state index in [2.05, 4.69) is 127 Å². The number of benzene rings is 7. The van der Waals surface area contributed by atoms with Crippen LogP contribution < -0.4 is 0 Å². The standard InChI is InChI=1S/C47H27N5/c48-28-30-17-21-32(22-18-30)45-50-46(33-23-19-31(29-49)20-24-33)52-47(51-45)34-25-26-43-41-15-6-5-13-39(41)37-11-2-1-9-35(37)36-10-3-4-12-38(36)40-14-7-8-16-42(40)44(43)27-34/h1-27H. The summed E-state index contributed by atoms with van der Waals surface area (Å²) in [4.78, 5) is 14.9. The molecule has 0 saturated heterocycles. The van der Waals surface area contributed by atoms with Crippen LogP contribution in [0.25, 0.3) is 88.0 Å². The molecule has 0 atom stereocenters. The summed E-state index contributed by atoms with van der Waals surface area (Å²) in [7, 11) is 0. The first-order valence-corrected chi connectivity index (χ1v) is 17.0. The molecular weight excluding hydrogens is 635 g/mol. The number of fused-ring (bicyclic) bond motifs is 10. The smallest absolute Gasteiger partial charge is 0.164 e. The van der Waals surface area contributed by atoms with Gasteiger partial charge in [-0.2, -0.15) is 10.5 Å². The van der Waals surface area contributed by atoms with Crippen LogP contribution >= 0.6 is 0 Å². The van der Waals surface area contributed by atoms with E-state index in [9.17, 15) is 10.5 Å². The van der Waals surface area contributed by atoms with E-state index in [0.29, 0.717) is 28.6 Å². The second kappa shape index (κ2) is 12.8. The van der Waals surface area contributed by atoms with E-state index in [0.717, 1.165) is 54.4 Å². The van der Waals surface area contributed by atoms with Gasteiger partial charge in [-0.15, -0.1) is 0 Å². The van der Waals surface area contributed by atoms with Crippen molar-refractivity contribution in [2.45, 2.75) is 0 Å². The third-order valence-corrected chi connectivity index (χ3v) is 9.62. The highest BCUT2D eigenvalue weighted by atomic mass is 15.0. The highest BCUT2D eigenvalue weighted by Crippen LogP contribution is 2.37. The van der Waals surface area contributed by atoms with E-state index in [4.69, 9.17) is 15.0 Å². The molecule has 0 radical (unpaired) electrons. The lowest BCUT2D eigenvalue weighted by atomic mass is 9.94. The average Bonchev–Trinajstić information content (AvgIpc) is 3.23. The Labute approximate surface area is 299 Å². The largest absolute Gasteiger partial charge is 0.208 e. The molecule has 9 rings (SSSR count). The Kier molecular flexibility index (Phi) is 7.51. The molecular formula is C47H27N5. The molecule has 5 nitrogen and oxygen atoms in total. The second-order valence-electron chi connectivity index (χ2n) is 12.6. The van der Waals surface area contributed by atoms with E-state index in [-0.39, 0.29) is 0 Å². The zero-order valence-corrected chi connectivity index (χ0v) is 27.8. The molecule has 0 amide bonds. The normalized spacial score (nSPS) is 11.0. The van der Waals surface area contributed by atoms with Crippen LogP contribution in [0.2, 0.25) is 0 Å². The molecule has 0 unspecified atom stereocenters. The predicted molar refractivity (Wildman–Crippen MR) is 211 cm³/mol. The van der Waals surface area contributed by atoms with Gasteiger partial charge in [0.2, 0.25) is 0 Å². The first kappa shape index (κ1) is 30.6. The molecule has 0 spiro atoms. The maximum Gasteiger partial charge on any atom is 0.164 e. The summed E-state index contributed by atoms with van der Waals surface area (Å²) >= 11 is 0. The summed E-state index contributed by atoms with van der Waals surface area (Å²) < 4.78 is 0. The monoisotopic (exact) mass is 661 g/mol. The second-order valence-corrected chi connectivity index (χ2v) is 12.6. The van der Waals surface area contributed by atoms with Gasteiger partial charge >= 0.3 is 0 Å². The van der Waals surface area contributed by atoms with Crippen molar-refractivity contribution in [1.82, 2.24) is 15.0 Å². The van der Waals surface area contributed by atoms with Gasteiger partial charge < -0.3 is 0 Å². The van der Waals surface area contributed by atoms with E-state index < -0.39 is 0 Å². The van der Waals surface area contributed by atoms with Gasteiger partial charge in [0.05, 0.1) is 23.3 Å². The molecule has 8 aromatic carbocycles. The van der Waals surface area contributed by atoms with Gasteiger partial charge in [0, 0.05) is 16.7 Å². The summed E-state index contributed by atoms with van der Waals surface area (Å²) in [6.07, 6.45) is 0. The fourth-order valence-electron chi connectivity index (χ4n) is 7.10. The van der Waals surface area contributed by atoms with E-state index in [1.807, 2.05) is 24.3 Å². The lowest BCUT2D eigenvalue weighted by molar-refractivity contribution is 1.07. The number of nitrogens with zero attached hydrogens (tertiary/aromatic N) is 5. The summed E-state index contributed by atoms with van der Waals surface area (Å²) in [5.41, 5.74) is 3.49. The maximum atomic E-state index is 9.41. The topological polar surface area (TPSA) is 86.2 Å². The molecule has 52 heavy (non-hydrogen) atoms. The number of nitriles is 2. The molecule has 1 aromatic heterocycles. The summed E-state index contributed by atoms with van der Waals surface area (Å²) in [6.45, 7) is 0. The van der Waals surface area contributed by atoms with Crippen molar-refractivity contribution in [3.8, 4) is 46.3 Å². The van der Waals surface area contributed by atoms with Crippen LogP contribution in [-0.4, -0.2) is 15.0 Å². The lowest BCUT2D eigenvalue weighted by Gasteiger charge is -2.12. The maximum absolute atomic E-state index is 9.41. The van der Waals surface area contributed by atoms with Crippen molar-refractivity contribution in [1.29, 1.82) is 10.5 Å². The van der Waals surface area contributed by atoms with Crippen molar-refractivity contribution in [3.05, 3.63) is 175 Å². The molecule has 240 valence electrons. The van der Waals surface area contributed by atoms with Crippen LogP contribution in [-0.2, 0) is 0 Å². The van der Waals surface area contributed by atoms with Gasteiger partial charge in [0.15, 0.2) is 17.5 Å². The average molecular weight is 662 g/mol. The molecule has 0 aliphatic heterocycles. The Morgan fingerprint density at radius 1 is 0.288 bits per heavy atom. The van der Waals surface area contributed by atoms with E-state index in [1.165, 1.54) is 16.2 Å². The van der Waals surface area contributed by atoms with Gasteiger partial charge in [-0.1, -0.05) is 109 Å². The molecule has 0 aliphatic carbocycles. The molecule has 0 fully saturated rings. The van der Waals surface area contributed by atoms with Crippen LogP contribution in [0.5, 0.6) is 0 Å². The van der Waals surface area contributed by atoms with E-state index in [1.54, 1.807) is 24.3 Å². The van der Waals surface area contributed by atoms with Crippen LogP contribution in [0, 0.1) is 22.7 Å². The fourth-order valence-corrected chi connectivity index (χ4v) is 7.10. The van der Waals surface area contributed by atoms with Crippen molar-refractivity contribution >= 4 is 53.9 Å². The molecule has 0 bridgehead atoms. The predicted octanol–water partition coefficient (Wildman–Crippen LogP) is 11.5. The minimum Gasteiger partial charge on any atom is -0.208 e. The third-order valence-electron chi connectivity index (χ3n) is 9.62. The minimum atomic E-state index is 0.491. The van der Waals surface area contributed by atoms with Crippen molar-refractivity contribution in [2.75, 3.05) is 0 Å². The zero-order valence-electron chi connectivity index (χ0n) is 27.8. The Morgan fingerprint density at radius 2 is 0.558 bits per heavy atom. The number of rotatable bonds is 3. The molecule has 9 aromatic rings. The highest BCUT2D eigenvalue weighted by Gasteiger charge is 2.15. The first-order valence-electron chi connectivity index (χ1n) is 17.0. The SMILES string of the molecule is N#Cc1ccc(-c2nc(-c3ccc(C#N)cc3)nc(-c3ccc4c5ccccc5c5ccccc5c5ccccc5c5ccccc5c4c3)n2)cc1. The lowest BCUT2D eigenvalue weighted by Crippen LogP contribution is -2.00. The van der Waals surface area contributed by atoms with Crippen molar-refractivity contribution in [2.24, 2.45) is 0 Å². The van der Waals surface area contributed by atoms with Crippen LogP contribution in [0.3, 0.4) is 0 Å². The van der Waals surface area contributed by atoms with E-state index >= 15 is 0 Å². The summed E-state index contributed by atoms with van der Waals surface area (Å²) in [5, 5.41) is 30.2. The number of hydrogen-bond acceptors (Lipinski definition) is 5. The Balaban J connectivity index is 1.41. The van der Waals surface area contributed by atoms with Gasteiger partial charge in [-0.3, -0.25) is 0 Å².